The van der Waals surface area contributed by atoms with Gasteiger partial charge in [-0.15, -0.1) is 0 Å². The molecule has 0 spiro atoms. The largest absolute Gasteiger partial charge is 0.334 e. The first-order valence-corrected chi connectivity index (χ1v) is 5.73. The van der Waals surface area contributed by atoms with Crippen LogP contribution in [0.3, 0.4) is 0 Å². The minimum atomic E-state index is -0.0561. The summed E-state index contributed by atoms with van der Waals surface area (Å²) in [5.74, 6) is 0. The van der Waals surface area contributed by atoms with E-state index in [-0.39, 0.29) is 6.03 Å². The van der Waals surface area contributed by atoms with Gasteiger partial charge in [0.15, 0.2) is 0 Å². The molecule has 0 aliphatic rings. The maximum atomic E-state index is 11.7. The molecule has 0 aliphatic heterocycles. The van der Waals surface area contributed by atoms with Gasteiger partial charge in [-0.05, 0) is 31.5 Å². The zero-order chi connectivity index (χ0) is 12.7. The van der Waals surface area contributed by atoms with Gasteiger partial charge in [0.25, 0.3) is 0 Å². The van der Waals surface area contributed by atoms with E-state index in [2.05, 4.69) is 11.4 Å². The Bertz CT molecular complexity index is 402. The minimum Gasteiger partial charge on any atom is -0.334 e. The van der Waals surface area contributed by atoms with E-state index in [1.165, 1.54) is 0 Å². The lowest BCUT2D eigenvalue weighted by Crippen LogP contribution is -2.39. The van der Waals surface area contributed by atoms with E-state index in [1.54, 1.807) is 17.0 Å². The van der Waals surface area contributed by atoms with Gasteiger partial charge >= 0.3 is 6.03 Å². The highest BCUT2D eigenvalue weighted by molar-refractivity contribution is 5.74. The summed E-state index contributed by atoms with van der Waals surface area (Å²) < 4.78 is 0. The minimum absolute atomic E-state index is 0.0561. The van der Waals surface area contributed by atoms with Crippen LogP contribution in [0.4, 0.5) is 4.79 Å². The predicted molar refractivity (Wildman–Crippen MR) is 66.3 cm³/mol. The number of carbonyl (C=O) groups is 1. The molecule has 1 rings (SSSR count). The Hall–Kier alpha value is -2.02. The molecule has 1 N–H and O–H groups in total. The molecule has 0 saturated carbocycles. The average molecular weight is 231 g/mol. The Morgan fingerprint density at radius 2 is 1.88 bits per heavy atom. The molecule has 0 aromatic heterocycles. The number of rotatable bonds is 4. The molecule has 4 nitrogen and oxygen atoms in total. The monoisotopic (exact) mass is 231 g/mol. The normalized spacial score (nSPS) is 9.47. The molecule has 0 unspecified atom stereocenters. The molecule has 0 fully saturated rings. The first-order chi connectivity index (χ1) is 8.21. The van der Waals surface area contributed by atoms with Gasteiger partial charge in [0.05, 0.1) is 11.6 Å². The van der Waals surface area contributed by atoms with Crippen molar-refractivity contribution in [3.63, 3.8) is 0 Å². The molecular weight excluding hydrogens is 214 g/mol. The Morgan fingerprint density at radius 3 is 2.35 bits per heavy atom. The standard InChI is InChI=1S/C13H17N3O/c1-3-16(4-2)13(17)15-10-12-7-5-11(9-14)6-8-12/h5-8H,3-4,10H2,1-2H3,(H,15,17). The summed E-state index contributed by atoms with van der Waals surface area (Å²) in [5.41, 5.74) is 1.62. The van der Waals surface area contributed by atoms with Crippen molar-refractivity contribution in [1.29, 1.82) is 5.26 Å². The van der Waals surface area contributed by atoms with Gasteiger partial charge in [0, 0.05) is 19.6 Å². The van der Waals surface area contributed by atoms with Crippen LogP contribution < -0.4 is 5.32 Å². The molecule has 0 saturated heterocycles. The van der Waals surface area contributed by atoms with Gasteiger partial charge in [0.2, 0.25) is 0 Å². The van der Waals surface area contributed by atoms with Crippen molar-refractivity contribution in [2.75, 3.05) is 13.1 Å². The first-order valence-electron chi connectivity index (χ1n) is 5.73. The fourth-order valence-corrected chi connectivity index (χ4v) is 1.50. The van der Waals surface area contributed by atoms with Crippen molar-refractivity contribution in [2.45, 2.75) is 20.4 Å². The van der Waals surface area contributed by atoms with Crippen LogP contribution in [0.15, 0.2) is 24.3 Å². The van der Waals surface area contributed by atoms with Crippen molar-refractivity contribution in [2.24, 2.45) is 0 Å². The fraction of sp³-hybridized carbons (Fsp3) is 0.385. The lowest BCUT2D eigenvalue weighted by atomic mass is 10.1. The smallest absolute Gasteiger partial charge is 0.317 e. The number of nitriles is 1. The summed E-state index contributed by atoms with van der Waals surface area (Å²) in [4.78, 5) is 13.4. The molecule has 17 heavy (non-hydrogen) atoms. The van der Waals surface area contributed by atoms with Gasteiger partial charge in [-0.3, -0.25) is 0 Å². The summed E-state index contributed by atoms with van der Waals surface area (Å²) in [6, 6.07) is 9.20. The zero-order valence-electron chi connectivity index (χ0n) is 10.2. The van der Waals surface area contributed by atoms with Crippen LogP contribution in [-0.2, 0) is 6.54 Å². The van der Waals surface area contributed by atoms with Gasteiger partial charge < -0.3 is 10.2 Å². The van der Waals surface area contributed by atoms with E-state index >= 15 is 0 Å². The number of carbonyl (C=O) groups excluding carboxylic acids is 1. The number of urea groups is 1. The van der Waals surface area contributed by atoms with Gasteiger partial charge in [0.1, 0.15) is 0 Å². The molecule has 0 bridgehead atoms. The first kappa shape index (κ1) is 13.0. The number of nitrogens with one attached hydrogen (secondary N) is 1. The van der Waals surface area contributed by atoms with Crippen molar-refractivity contribution in [1.82, 2.24) is 10.2 Å². The third kappa shape index (κ3) is 3.80. The van der Waals surface area contributed by atoms with Crippen LogP contribution in [-0.4, -0.2) is 24.0 Å². The van der Waals surface area contributed by atoms with Crippen molar-refractivity contribution >= 4 is 6.03 Å². The molecule has 0 aliphatic carbocycles. The van der Waals surface area contributed by atoms with Crippen LogP contribution in [0.25, 0.3) is 0 Å². The maximum absolute atomic E-state index is 11.7. The lowest BCUT2D eigenvalue weighted by molar-refractivity contribution is 0.203. The number of hydrogen-bond acceptors (Lipinski definition) is 2. The van der Waals surface area contributed by atoms with Crippen LogP contribution in [0.1, 0.15) is 25.0 Å². The second-order valence-electron chi connectivity index (χ2n) is 3.64. The van der Waals surface area contributed by atoms with E-state index in [0.717, 1.165) is 5.56 Å². The maximum Gasteiger partial charge on any atom is 0.317 e. The SMILES string of the molecule is CCN(CC)C(=O)NCc1ccc(C#N)cc1. The van der Waals surface area contributed by atoms with E-state index in [1.807, 2.05) is 26.0 Å². The quantitative estimate of drug-likeness (QED) is 0.862. The molecule has 1 aromatic carbocycles. The highest BCUT2D eigenvalue weighted by atomic mass is 16.2. The molecule has 90 valence electrons. The zero-order valence-corrected chi connectivity index (χ0v) is 10.2. The lowest BCUT2D eigenvalue weighted by Gasteiger charge is -2.19. The average Bonchev–Trinajstić information content (AvgIpc) is 2.38. The third-order valence-corrected chi connectivity index (χ3v) is 2.58. The summed E-state index contributed by atoms with van der Waals surface area (Å²) in [5, 5.41) is 11.5. The van der Waals surface area contributed by atoms with E-state index in [4.69, 9.17) is 5.26 Å². The summed E-state index contributed by atoms with van der Waals surface area (Å²) >= 11 is 0. The molecule has 2 amide bonds. The number of hydrogen-bond donors (Lipinski definition) is 1. The Morgan fingerprint density at radius 1 is 1.29 bits per heavy atom. The molecule has 4 heteroatoms. The number of amides is 2. The fourth-order valence-electron chi connectivity index (χ4n) is 1.50. The molecule has 1 aromatic rings. The summed E-state index contributed by atoms with van der Waals surface area (Å²) in [6.07, 6.45) is 0. The van der Waals surface area contributed by atoms with Gasteiger partial charge in [-0.1, -0.05) is 12.1 Å². The van der Waals surface area contributed by atoms with Crippen LogP contribution in [0.5, 0.6) is 0 Å². The van der Waals surface area contributed by atoms with E-state index in [0.29, 0.717) is 25.2 Å². The van der Waals surface area contributed by atoms with Crippen molar-refractivity contribution in [3.05, 3.63) is 35.4 Å². The molecule has 0 atom stereocenters. The molecule has 0 heterocycles. The molecule has 0 radical (unpaired) electrons. The van der Waals surface area contributed by atoms with Gasteiger partial charge in [-0.2, -0.15) is 5.26 Å². The van der Waals surface area contributed by atoms with Gasteiger partial charge in [-0.25, -0.2) is 4.79 Å². The van der Waals surface area contributed by atoms with Crippen LogP contribution >= 0.6 is 0 Å². The highest BCUT2D eigenvalue weighted by Crippen LogP contribution is 2.03. The van der Waals surface area contributed by atoms with Crippen molar-refractivity contribution < 1.29 is 4.79 Å². The Labute approximate surface area is 102 Å². The van der Waals surface area contributed by atoms with Crippen LogP contribution in [0, 0.1) is 11.3 Å². The molecular formula is C13H17N3O. The second-order valence-corrected chi connectivity index (χ2v) is 3.64. The van der Waals surface area contributed by atoms with Crippen molar-refractivity contribution in [3.8, 4) is 6.07 Å². The van der Waals surface area contributed by atoms with E-state index in [9.17, 15) is 4.79 Å². The summed E-state index contributed by atoms with van der Waals surface area (Å²) in [7, 11) is 0. The predicted octanol–water partition coefficient (Wildman–Crippen LogP) is 2.11. The Balaban J connectivity index is 2.50. The number of benzene rings is 1. The number of nitrogens with zero attached hydrogens (tertiary/aromatic N) is 2. The highest BCUT2D eigenvalue weighted by Gasteiger charge is 2.07. The topological polar surface area (TPSA) is 56.1 Å². The van der Waals surface area contributed by atoms with E-state index < -0.39 is 0 Å². The Kier molecular flexibility index (Phi) is 5.02. The second kappa shape index (κ2) is 6.54. The van der Waals surface area contributed by atoms with Crippen LogP contribution in [0.2, 0.25) is 0 Å². The third-order valence-electron chi connectivity index (χ3n) is 2.58. The summed E-state index contributed by atoms with van der Waals surface area (Å²) in [6.45, 7) is 5.79.